The minimum Gasteiger partial charge on any atom is -0.497 e. The molecule has 0 aliphatic heterocycles. The molecule has 1 N–H and O–H groups in total. The van der Waals surface area contributed by atoms with Crippen molar-refractivity contribution < 1.29 is 27.2 Å². The third-order valence-electron chi connectivity index (χ3n) is 3.06. The lowest BCUT2D eigenvalue weighted by molar-refractivity contribution is -0.387. The molecular weight excluding hydrogens is 343 g/mol. The largest absolute Gasteiger partial charge is 0.497 e. The van der Waals surface area contributed by atoms with Crippen molar-refractivity contribution >= 4 is 21.4 Å². The number of hydrogen-bond donors (Lipinski definition) is 1. The van der Waals surface area contributed by atoms with Gasteiger partial charge in [-0.2, -0.15) is 4.39 Å². The van der Waals surface area contributed by atoms with Gasteiger partial charge in [-0.05, 0) is 24.3 Å². The van der Waals surface area contributed by atoms with Gasteiger partial charge in [-0.25, -0.2) is 8.42 Å². The van der Waals surface area contributed by atoms with E-state index in [-0.39, 0.29) is 22.1 Å². The van der Waals surface area contributed by atoms with Crippen molar-refractivity contribution in [3.05, 3.63) is 52.3 Å². The van der Waals surface area contributed by atoms with Crippen molar-refractivity contribution in [1.29, 1.82) is 0 Å². The maximum absolute atomic E-state index is 13.3. The zero-order chi connectivity index (χ0) is 17.9. The summed E-state index contributed by atoms with van der Waals surface area (Å²) in [5.74, 6) is -0.733. The molecule has 0 radical (unpaired) electrons. The number of sulfonamides is 1. The average Bonchev–Trinajstić information content (AvgIpc) is 2.55. The Morgan fingerprint density at radius 3 is 2.42 bits per heavy atom. The molecule has 0 amide bonds. The molecule has 0 spiro atoms. The zero-order valence-electron chi connectivity index (χ0n) is 12.6. The number of nitrogens with one attached hydrogen (secondary N) is 1. The highest BCUT2D eigenvalue weighted by Gasteiger charge is 2.22. The molecule has 0 saturated heterocycles. The van der Waals surface area contributed by atoms with Crippen molar-refractivity contribution in [2.45, 2.75) is 4.90 Å². The van der Waals surface area contributed by atoms with Crippen LogP contribution in [0.5, 0.6) is 11.5 Å². The first-order valence-corrected chi connectivity index (χ1v) is 7.95. The van der Waals surface area contributed by atoms with Crippen LogP contribution in [0.25, 0.3) is 0 Å². The lowest BCUT2D eigenvalue weighted by Crippen LogP contribution is -2.14. The fraction of sp³-hybridized carbons (Fsp3) is 0.143. The highest BCUT2D eigenvalue weighted by molar-refractivity contribution is 7.92. The Bertz CT molecular complexity index is 885. The van der Waals surface area contributed by atoms with Crippen molar-refractivity contribution in [3.63, 3.8) is 0 Å². The smallest absolute Gasteiger partial charge is 0.306 e. The quantitative estimate of drug-likeness (QED) is 0.629. The van der Waals surface area contributed by atoms with E-state index in [4.69, 9.17) is 9.47 Å². The minimum absolute atomic E-state index is 0.0555. The van der Waals surface area contributed by atoms with E-state index in [2.05, 4.69) is 4.72 Å². The van der Waals surface area contributed by atoms with E-state index in [1.807, 2.05) is 0 Å². The van der Waals surface area contributed by atoms with Crippen LogP contribution in [-0.2, 0) is 10.0 Å². The van der Waals surface area contributed by atoms with Gasteiger partial charge in [0.15, 0.2) is 0 Å². The van der Waals surface area contributed by atoms with Gasteiger partial charge in [0.2, 0.25) is 5.82 Å². The lowest BCUT2D eigenvalue weighted by Gasteiger charge is -2.12. The van der Waals surface area contributed by atoms with Crippen LogP contribution in [0.15, 0.2) is 41.3 Å². The number of anilines is 1. The maximum atomic E-state index is 13.3. The van der Waals surface area contributed by atoms with Gasteiger partial charge in [-0.15, -0.1) is 0 Å². The summed E-state index contributed by atoms with van der Waals surface area (Å²) in [6.07, 6.45) is 0. The highest BCUT2D eigenvalue weighted by atomic mass is 32.2. The molecule has 2 aromatic carbocycles. The molecule has 0 atom stereocenters. The predicted molar refractivity (Wildman–Crippen MR) is 83.4 cm³/mol. The van der Waals surface area contributed by atoms with E-state index in [1.54, 1.807) is 0 Å². The standard InChI is InChI=1S/C14H13FN2O6S/c1-22-10-4-6-13(23-2)14(8-10)24(20,21)16-9-3-5-11(15)12(7-9)17(18)19/h3-8,16H,1-2H3. The van der Waals surface area contributed by atoms with Crippen LogP contribution >= 0.6 is 0 Å². The lowest BCUT2D eigenvalue weighted by atomic mass is 10.3. The maximum Gasteiger partial charge on any atom is 0.306 e. The fourth-order valence-corrected chi connectivity index (χ4v) is 3.15. The van der Waals surface area contributed by atoms with E-state index in [0.717, 1.165) is 18.2 Å². The highest BCUT2D eigenvalue weighted by Crippen LogP contribution is 2.30. The summed E-state index contributed by atoms with van der Waals surface area (Å²) in [6, 6.07) is 6.82. The topological polar surface area (TPSA) is 108 Å². The average molecular weight is 356 g/mol. The van der Waals surface area contributed by atoms with Crippen LogP contribution in [-0.4, -0.2) is 27.6 Å². The van der Waals surface area contributed by atoms with Crippen molar-refractivity contribution in [1.82, 2.24) is 0 Å². The summed E-state index contributed by atoms with van der Waals surface area (Å²) in [5, 5.41) is 10.7. The molecule has 128 valence electrons. The summed E-state index contributed by atoms with van der Waals surface area (Å²) in [6.45, 7) is 0. The first-order chi connectivity index (χ1) is 11.3. The summed E-state index contributed by atoms with van der Waals surface area (Å²) in [5.41, 5.74) is -0.999. The van der Waals surface area contributed by atoms with Gasteiger partial charge in [0.05, 0.1) is 24.8 Å². The van der Waals surface area contributed by atoms with Crippen molar-refractivity contribution in [2.24, 2.45) is 0 Å². The number of nitrogens with zero attached hydrogens (tertiary/aromatic N) is 1. The molecule has 0 aliphatic carbocycles. The molecular formula is C14H13FN2O6S. The fourth-order valence-electron chi connectivity index (χ4n) is 1.92. The molecule has 0 aromatic heterocycles. The second-order valence-electron chi connectivity index (χ2n) is 4.55. The van der Waals surface area contributed by atoms with Gasteiger partial charge < -0.3 is 9.47 Å². The third-order valence-corrected chi connectivity index (χ3v) is 4.46. The number of nitro benzene ring substituents is 1. The molecule has 2 aromatic rings. The van der Waals surface area contributed by atoms with Crippen LogP contribution in [0.4, 0.5) is 15.8 Å². The normalized spacial score (nSPS) is 11.0. The van der Waals surface area contributed by atoms with E-state index in [0.29, 0.717) is 0 Å². The molecule has 0 saturated carbocycles. The number of rotatable bonds is 6. The Hall–Kier alpha value is -2.88. The van der Waals surface area contributed by atoms with E-state index >= 15 is 0 Å². The second kappa shape index (κ2) is 6.71. The summed E-state index contributed by atoms with van der Waals surface area (Å²) < 4.78 is 50.5. The van der Waals surface area contributed by atoms with Gasteiger partial charge >= 0.3 is 5.69 Å². The molecule has 0 aliphatic rings. The molecule has 10 heteroatoms. The monoisotopic (exact) mass is 356 g/mol. The Balaban J connectivity index is 2.46. The number of benzene rings is 2. The van der Waals surface area contributed by atoms with E-state index in [1.165, 1.54) is 32.4 Å². The number of halogens is 1. The van der Waals surface area contributed by atoms with Crippen LogP contribution < -0.4 is 14.2 Å². The second-order valence-corrected chi connectivity index (χ2v) is 6.20. The number of hydrogen-bond acceptors (Lipinski definition) is 6. The van der Waals surface area contributed by atoms with Crippen LogP contribution in [0.3, 0.4) is 0 Å². The first-order valence-electron chi connectivity index (χ1n) is 6.47. The van der Waals surface area contributed by atoms with Crippen LogP contribution in [0.2, 0.25) is 0 Å². The number of methoxy groups -OCH3 is 2. The Morgan fingerprint density at radius 1 is 1.12 bits per heavy atom. The van der Waals surface area contributed by atoms with E-state index < -0.39 is 26.5 Å². The molecule has 2 rings (SSSR count). The first kappa shape index (κ1) is 17.5. The molecule has 24 heavy (non-hydrogen) atoms. The SMILES string of the molecule is COc1ccc(OC)c(S(=O)(=O)Nc2ccc(F)c([N+](=O)[O-])c2)c1. The third kappa shape index (κ3) is 3.54. The van der Waals surface area contributed by atoms with Gasteiger partial charge in [-0.1, -0.05) is 0 Å². The predicted octanol–water partition coefficient (Wildman–Crippen LogP) is 2.55. The van der Waals surface area contributed by atoms with Crippen LogP contribution in [0.1, 0.15) is 0 Å². The molecule has 8 nitrogen and oxygen atoms in total. The number of nitro groups is 1. The molecule has 0 fully saturated rings. The number of ether oxygens (including phenoxy) is 2. The van der Waals surface area contributed by atoms with Crippen LogP contribution in [0, 0.1) is 15.9 Å². The summed E-state index contributed by atoms with van der Waals surface area (Å²) >= 11 is 0. The van der Waals surface area contributed by atoms with E-state index in [9.17, 15) is 22.9 Å². The molecule has 0 unspecified atom stereocenters. The van der Waals surface area contributed by atoms with Crippen molar-refractivity contribution in [2.75, 3.05) is 18.9 Å². The minimum atomic E-state index is -4.14. The Labute approximate surface area is 137 Å². The molecule has 0 heterocycles. The molecule has 0 bridgehead atoms. The Kier molecular flexibility index (Phi) is 4.88. The van der Waals surface area contributed by atoms with Gasteiger partial charge in [0.25, 0.3) is 10.0 Å². The van der Waals surface area contributed by atoms with Gasteiger partial charge in [0, 0.05) is 12.1 Å². The van der Waals surface area contributed by atoms with Gasteiger partial charge in [-0.3, -0.25) is 14.8 Å². The summed E-state index contributed by atoms with van der Waals surface area (Å²) in [4.78, 5) is 9.57. The van der Waals surface area contributed by atoms with Gasteiger partial charge in [0.1, 0.15) is 16.4 Å². The summed E-state index contributed by atoms with van der Waals surface area (Å²) in [7, 11) is -1.48. The zero-order valence-corrected chi connectivity index (χ0v) is 13.5. The van der Waals surface area contributed by atoms with Crippen molar-refractivity contribution in [3.8, 4) is 11.5 Å². The Morgan fingerprint density at radius 2 is 1.83 bits per heavy atom.